The van der Waals surface area contributed by atoms with Crippen molar-refractivity contribution in [3.05, 3.63) is 30.3 Å². The number of nitrogens with zero attached hydrogens (tertiary/aromatic N) is 1. The topological polar surface area (TPSA) is 44.4 Å². The number of anilines is 1. The lowest BCUT2D eigenvalue weighted by Gasteiger charge is -2.18. The van der Waals surface area contributed by atoms with Crippen LogP contribution in [0.25, 0.3) is 0 Å². The lowest BCUT2D eigenvalue weighted by Crippen LogP contribution is -2.43. The second-order valence-electron chi connectivity index (χ2n) is 4.27. The predicted molar refractivity (Wildman–Crippen MR) is 69.3 cm³/mol. The molecule has 1 atom stereocenters. The first-order chi connectivity index (χ1) is 8.29. The summed E-state index contributed by atoms with van der Waals surface area (Å²) in [5.41, 5.74) is 1.23. The maximum Gasteiger partial charge on any atom is 0.315 e. The van der Waals surface area contributed by atoms with Crippen LogP contribution in [0.2, 0.25) is 0 Å². The highest BCUT2D eigenvalue weighted by Gasteiger charge is 2.23. The van der Waals surface area contributed by atoms with E-state index in [4.69, 9.17) is 0 Å². The largest absolute Gasteiger partial charge is 0.369 e. The zero-order valence-electron chi connectivity index (χ0n) is 10.1. The van der Waals surface area contributed by atoms with E-state index in [2.05, 4.69) is 27.7 Å². The molecule has 0 spiro atoms. The molecule has 0 saturated carbocycles. The van der Waals surface area contributed by atoms with Crippen molar-refractivity contribution in [3.8, 4) is 0 Å². The van der Waals surface area contributed by atoms with Gasteiger partial charge >= 0.3 is 6.03 Å². The van der Waals surface area contributed by atoms with E-state index >= 15 is 0 Å². The number of carbonyl (C=O) groups is 1. The van der Waals surface area contributed by atoms with E-state index in [9.17, 15) is 4.79 Å². The number of hydrogen-bond acceptors (Lipinski definition) is 2. The van der Waals surface area contributed by atoms with Crippen LogP contribution in [0.1, 0.15) is 13.3 Å². The van der Waals surface area contributed by atoms with Gasteiger partial charge in [-0.2, -0.15) is 0 Å². The maximum atomic E-state index is 11.4. The first-order valence-electron chi connectivity index (χ1n) is 6.14. The van der Waals surface area contributed by atoms with Crippen LogP contribution in [0.15, 0.2) is 30.3 Å². The Morgan fingerprint density at radius 1 is 1.41 bits per heavy atom. The highest BCUT2D eigenvalue weighted by Crippen LogP contribution is 2.19. The van der Waals surface area contributed by atoms with Crippen molar-refractivity contribution in [3.63, 3.8) is 0 Å². The van der Waals surface area contributed by atoms with Crippen LogP contribution in [0, 0.1) is 0 Å². The molecule has 0 aromatic heterocycles. The molecule has 92 valence electrons. The molecule has 4 nitrogen and oxygen atoms in total. The van der Waals surface area contributed by atoms with Crippen molar-refractivity contribution in [1.29, 1.82) is 0 Å². The molecule has 1 saturated heterocycles. The Hall–Kier alpha value is -1.71. The summed E-state index contributed by atoms with van der Waals surface area (Å²) in [6.45, 7) is 4.48. The molecule has 2 N–H and O–H groups in total. The van der Waals surface area contributed by atoms with Crippen molar-refractivity contribution in [2.24, 2.45) is 0 Å². The van der Waals surface area contributed by atoms with E-state index in [-0.39, 0.29) is 12.1 Å². The number of para-hydroxylation sites is 1. The minimum atomic E-state index is -0.0626. The second-order valence-corrected chi connectivity index (χ2v) is 4.27. The lowest BCUT2D eigenvalue weighted by atomic mass is 10.3. The molecule has 0 radical (unpaired) electrons. The van der Waals surface area contributed by atoms with Gasteiger partial charge < -0.3 is 15.5 Å². The minimum Gasteiger partial charge on any atom is -0.369 e. The van der Waals surface area contributed by atoms with Crippen molar-refractivity contribution < 1.29 is 4.79 Å². The van der Waals surface area contributed by atoms with Crippen LogP contribution in [0.4, 0.5) is 10.5 Å². The number of amides is 2. The van der Waals surface area contributed by atoms with E-state index < -0.39 is 0 Å². The zero-order chi connectivity index (χ0) is 12.1. The third-order valence-electron chi connectivity index (χ3n) is 2.98. The van der Waals surface area contributed by atoms with Crippen molar-refractivity contribution in [1.82, 2.24) is 10.6 Å². The molecule has 0 bridgehead atoms. The average molecular weight is 233 g/mol. The maximum absolute atomic E-state index is 11.4. The van der Waals surface area contributed by atoms with Gasteiger partial charge in [0.05, 0.1) is 0 Å². The van der Waals surface area contributed by atoms with Crippen LogP contribution in [-0.4, -0.2) is 31.7 Å². The van der Waals surface area contributed by atoms with Gasteiger partial charge in [0.2, 0.25) is 0 Å². The minimum absolute atomic E-state index is 0.0626. The van der Waals surface area contributed by atoms with Crippen molar-refractivity contribution >= 4 is 11.7 Å². The first kappa shape index (κ1) is 11.8. The summed E-state index contributed by atoms with van der Waals surface area (Å²) in [7, 11) is 0. The van der Waals surface area contributed by atoms with Gasteiger partial charge in [-0.15, -0.1) is 0 Å². The molecule has 2 rings (SSSR count). The van der Waals surface area contributed by atoms with Gasteiger partial charge in [0.25, 0.3) is 0 Å². The highest BCUT2D eigenvalue weighted by molar-refractivity contribution is 5.74. The third kappa shape index (κ3) is 3.12. The molecular weight excluding hydrogens is 214 g/mol. The smallest absolute Gasteiger partial charge is 0.315 e. The monoisotopic (exact) mass is 233 g/mol. The number of hydrogen-bond donors (Lipinski definition) is 2. The van der Waals surface area contributed by atoms with E-state index in [0.717, 1.165) is 19.5 Å². The van der Waals surface area contributed by atoms with E-state index in [1.54, 1.807) is 0 Å². The van der Waals surface area contributed by atoms with Crippen LogP contribution < -0.4 is 15.5 Å². The van der Waals surface area contributed by atoms with Gasteiger partial charge in [-0.05, 0) is 25.5 Å². The van der Waals surface area contributed by atoms with E-state index in [1.807, 2.05) is 25.1 Å². The summed E-state index contributed by atoms with van der Waals surface area (Å²) >= 11 is 0. The molecule has 1 aromatic carbocycles. The third-order valence-corrected chi connectivity index (χ3v) is 2.98. The van der Waals surface area contributed by atoms with Gasteiger partial charge in [-0.25, -0.2) is 4.79 Å². The highest BCUT2D eigenvalue weighted by atomic mass is 16.2. The Balaban J connectivity index is 1.86. The fourth-order valence-corrected chi connectivity index (χ4v) is 2.15. The predicted octanol–water partition coefficient (Wildman–Crippen LogP) is 1.58. The number of rotatable bonds is 3. The van der Waals surface area contributed by atoms with Crippen LogP contribution in [0.3, 0.4) is 0 Å². The number of nitrogens with one attached hydrogen (secondary N) is 2. The van der Waals surface area contributed by atoms with Gasteiger partial charge in [0.15, 0.2) is 0 Å². The van der Waals surface area contributed by atoms with Gasteiger partial charge in [-0.3, -0.25) is 0 Å². The van der Waals surface area contributed by atoms with Crippen LogP contribution >= 0.6 is 0 Å². The molecule has 4 heteroatoms. The van der Waals surface area contributed by atoms with Gasteiger partial charge in [-0.1, -0.05) is 18.2 Å². The zero-order valence-corrected chi connectivity index (χ0v) is 10.1. The van der Waals surface area contributed by atoms with Crippen molar-refractivity contribution in [2.45, 2.75) is 19.4 Å². The summed E-state index contributed by atoms with van der Waals surface area (Å²) in [4.78, 5) is 13.7. The Bertz CT molecular complexity index is 366. The summed E-state index contributed by atoms with van der Waals surface area (Å²) in [5, 5.41) is 5.75. The fraction of sp³-hybridized carbons (Fsp3) is 0.462. The normalized spacial score (nSPS) is 19.1. The van der Waals surface area contributed by atoms with E-state index in [1.165, 1.54) is 5.69 Å². The Morgan fingerprint density at radius 3 is 2.88 bits per heavy atom. The molecule has 1 fully saturated rings. The first-order valence-corrected chi connectivity index (χ1v) is 6.14. The molecular formula is C13H19N3O. The van der Waals surface area contributed by atoms with Gasteiger partial charge in [0.1, 0.15) is 0 Å². The van der Waals surface area contributed by atoms with Crippen LogP contribution in [0.5, 0.6) is 0 Å². The molecule has 17 heavy (non-hydrogen) atoms. The molecule has 1 heterocycles. The van der Waals surface area contributed by atoms with E-state index in [0.29, 0.717) is 6.54 Å². The Kier molecular flexibility index (Phi) is 3.85. The molecule has 0 aliphatic carbocycles. The standard InChI is InChI=1S/C13H19N3O/c1-2-14-13(17)15-11-8-9-16(10-11)12-6-4-3-5-7-12/h3-7,11H,2,8-10H2,1H3,(H2,14,15,17)/t11-/m1/s1. The Morgan fingerprint density at radius 2 is 2.18 bits per heavy atom. The number of urea groups is 1. The summed E-state index contributed by atoms with van der Waals surface area (Å²) in [5.74, 6) is 0. The Labute approximate surface area is 102 Å². The summed E-state index contributed by atoms with van der Waals surface area (Å²) < 4.78 is 0. The average Bonchev–Trinajstić information content (AvgIpc) is 2.79. The molecule has 0 unspecified atom stereocenters. The quantitative estimate of drug-likeness (QED) is 0.832. The molecule has 1 aromatic rings. The van der Waals surface area contributed by atoms with Gasteiger partial charge in [0, 0.05) is 31.4 Å². The SMILES string of the molecule is CCNC(=O)N[C@@H]1CCN(c2ccccc2)C1. The molecule has 1 aliphatic rings. The lowest BCUT2D eigenvalue weighted by molar-refractivity contribution is 0.238. The van der Waals surface area contributed by atoms with Crippen molar-refractivity contribution in [2.75, 3.05) is 24.5 Å². The second kappa shape index (κ2) is 5.57. The number of carbonyl (C=O) groups excluding carboxylic acids is 1. The number of benzene rings is 1. The molecule has 2 amide bonds. The summed E-state index contributed by atoms with van der Waals surface area (Å²) in [6.07, 6.45) is 1.01. The molecule has 1 aliphatic heterocycles. The summed E-state index contributed by atoms with van der Waals surface area (Å²) in [6, 6.07) is 10.5. The van der Waals surface area contributed by atoms with Crippen LogP contribution in [-0.2, 0) is 0 Å². The fourth-order valence-electron chi connectivity index (χ4n) is 2.15.